The fourth-order valence-electron chi connectivity index (χ4n) is 3.68. The van der Waals surface area contributed by atoms with Crippen LogP contribution in [0.5, 0.6) is 0 Å². The lowest BCUT2D eigenvalue weighted by Crippen LogP contribution is -2.36. The van der Waals surface area contributed by atoms with E-state index in [0.29, 0.717) is 23.7 Å². The molecule has 2 heterocycles. The van der Waals surface area contributed by atoms with Gasteiger partial charge in [-0.25, -0.2) is 0 Å². The van der Waals surface area contributed by atoms with Gasteiger partial charge in [0, 0.05) is 53.5 Å². The first-order valence-electron chi connectivity index (χ1n) is 9.31. The summed E-state index contributed by atoms with van der Waals surface area (Å²) in [5, 5.41) is 30.6. The summed E-state index contributed by atoms with van der Waals surface area (Å²) in [6.45, 7) is 1.86. The summed E-state index contributed by atoms with van der Waals surface area (Å²) in [7, 11) is 0. The fourth-order valence-corrected chi connectivity index (χ4v) is 3.81. The topological polar surface area (TPSA) is 135 Å². The number of carbonyl (C=O) groups excluding carboxylic acids is 1. The lowest BCUT2D eigenvalue weighted by atomic mass is 10.00. The highest BCUT2D eigenvalue weighted by atomic mass is 35.5. The lowest BCUT2D eigenvalue weighted by molar-refractivity contribution is -0.395. The van der Waals surface area contributed by atoms with Crippen molar-refractivity contribution in [1.82, 2.24) is 15.1 Å². The lowest BCUT2D eigenvalue weighted by Gasteiger charge is -2.27. The van der Waals surface area contributed by atoms with Crippen molar-refractivity contribution in [3.63, 3.8) is 0 Å². The number of rotatable bonds is 4. The molecule has 0 saturated heterocycles. The van der Waals surface area contributed by atoms with E-state index in [0.717, 1.165) is 29.0 Å². The number of nitrogens with zero attached hydrogens (tertiary/aromatic N) is 4. The molecule has 1 N–H and O–H groups in total. The molecule has 0 bridgehead atoms. The third-order valence-corrected chi connectivity index (χ3v) is 5.58. The Morgan fingerprint density at radius 2 is 1.74 bits per heavy atom. The molecule has 0 fully saturated rings. The van der Waals surface area contributed by atoms with E-state index in [2.05, 4.69) is 10.2 Å². The molecular formula is C20H16ClN5O5. The molecule has 0 spiro atoms. The Kier molecular flexibility index (Phi) is 5.15. The first-order valence-corrected chi connectivity index (χ1v) is 9.69. The number of nitro groups is 2. The summed E-state index contributed by atoms with van der Waals surface area (Å²) >= 11 is 5.95. The van der Waals surface area contributed by atoms with Crippen molar-refractivity contribution in [3.05, 3.63) is 84.0 Å². The highest BCUT2D eigenvalue weighted by molar-refractivity contribution is 6.30. The normalized spacial score (nSPS) is 13.0. The maximum atomic E-state index is 13.1. The van der Waals surface area contributed by atoms with Gasteiger partial charge in [-0.05, 0) is 19.1 Å². The molecule has 1 amide bonds. The molecule has 3 aromatic rings. The minimum atomic E-state index is -0.720. The van der Waals surface area contributed by atoms with Gasteiger partial charge in [-0.2, -0.15) is 5.10 Å². The molecule has 0 radical (unpaired) electrons. The number of H-pyrrole nitrogens is 1. The van der Waals surface area contributed by atoms with Crippen molar-refractivity contribution in [1.29, 1.82) is 0 Å². The zero-order valence-corrected chi connectivity index (χ0v) is 17.0. The number of benzene rings is 2. The molecule has 4 rings (SSSR count). The van der Waals surface area contributed by atoms with Gasteiger partial charge in [0.2, 0.25) is 0 Å². The quantitative estimate of drug-likeness (QED) is 0.479. The number of fused-ring (bicyclic) bond motifs is 1. The molecule has 158 valence electrons. The van der Waals surface area contributed by atoms with Gasteiger partial charge < -0.3 is 4.90 Å². The van der Waals surface area contributed by atoms with Crippen molar-refractivity contribution < 1.29 is 14.6 Å². The van der Waals surface area contributed by atoms with Crippen LogP contribution < -0.4 is 0 Å². The van der Waals surface area contributed by atoms with Crippen LogP contribution in [0, 0.1) is 27.2 Å². The molecule has 31 heavy (non-hydrogen) atoms. The van der Waals surface area contributed by atoms with Crippen LogP contribution in [0.1, 0.15) is 27.2 Å². The number of carbonyl (C=O) groups is 1. The second-order valence-corrected chi connectivity index (χ2v) is 7.60. The Morgan fingerprint density at radius 3 is 2.32 bits per heavy atom. The standard InChI is InChI=1S/C20H16ClN5O5/c1-11-17(25(28)29)8-13(9-18(11)26(30)31)20(27)24-7-6-16-15(10-24)19(23-22-16)12-2-4-14(21)5-3-12/h2-5,8-9H,6-7,10H2,1H3,(H,22,23). The van der Waals surface area contributed by atoms with Crippen molar-refractivity contribution in [2.75, 3.05) is 6.54 Å². The minimum Gasteiger partial charge on any atom is -0.334 e. The number of amides is 1. The number of hydrogen-bond donors (Lipinski definition) is 1. The molecule has 11 heteroatoms. The molecule has 0 atom stereocenters. The minimum absolute atomic E-state index is 0.0904. The monoisotopic (exact) mass is 441 g/mol. The van der Waals surface area contributed by atoms with Crippen molar-refractivity contribution in [2.45, 2.75) is 19.9 Å². The second-order valence-electron chi connectivity index (χ2n) is 7.17. The predicted octanol–water partition coefficient (Wildman–Crippen LogP) is 4.05. The Morgan fingerprint density at radius 1 is 1.13 bits per heavy atom. The third kappa shape index (κ3) is 3.73. The van der Waals surface area contributed by atoms with Gasteiger partial charge in [0.25, 0.3) is 17.3 Å². The predicted molar refractivity (Wildman–Crippen MR) is 112 cm³/mol. The van der Waals surface area contributed by atoms with Crippen LogP contribution in [-0.4, -0.2) is 37.4 Å². The summed E-state index contributed by atoms with van der Waals surface area (Å²) in [5.41, 5.74) is 2.15. The van der Waals surface area contributed by atoms with E-state index in [4.69, 9.17) is 11.6 Å². The number of hydrogen-bond acceptors (Lipinski definition) is 6. The highest BCUT2D eigenvalue weighted by Gasteiger charge is 2.30. The maximum absolute atomic E-state index is 13.1. The van der Waals surface area contributed by atoms with E-state index in [1.54, 1.807) is 12.1 Å². The van der Waals surface area contributed by atoms with Crippen molar-refractivity contribution in [3.8, 4) is 11.3 Å². The summed E-state index contributed by atoms with van der Waals surface area (Å²) in [6, 6.07) is 9.33. The van der Waals surface area contributed by atoms with E-state index in [9.17, 15) is 25.0 Å². The molecule has 10 nitrogen and oxygen atoms in total. The molecule has 2 aromatic carbocycles. The van der Waals surface area contributed by atoms with Gasteiger partial charge in [-0.1, -0.05) is 23.7 Å². The largest absolute Gasteiger partial charge is 0.334 e. The third-order valence-electron chi connectivity index (χ3n) is 5.33. The molecule has 0 unspecified atom stereocenters. The van der Waals surface area contributed by atoms with E-state index < -0.39 is 27.1 Å². The van der Waals surface area contributed by atoms with E-state index >= 15 is 0 Å². The van der Waals surface area contributed by atoms with E-state index in [1.807, 2.05) is 12.1 Å². The van der Waals surface area contributed by atoms with Gasteiger partial charge in [-0.3, -0.25) is 30.1 Å². The van der Waals surface area contributed by atoms with Crippen LogP contribution in [-0.2, 0) is 13.0 Å². The number of aromatic amines is 1. The Hall–Kier alpha value is -3.79. The molecule has 0 aliphatic carbocycles. The Balaban J connectivity index is 1.68. The SMILES string of the molecule is Cc1c([N+](=O)[O-])cc(C(=O)N2CCc3[nH]nc(-c4ccc(Cl)cc4)c3C2)cc1[N+](=O)[O-]. The number of nitro benzene ring substituents is 2. The van der Waals surface area contributed by atoms with Crippen LogP contribution >= 0.6 is 11.6 Å². The second kappa shape index (κ2) is 7.80. The number of nitrogens with one attached hydrogen (secondary N) is 1. The first-order chi connectivity index (χ1) is 14.8. The van der Waals surface area contributed by atoms with Crippen molar-refractivity contribution in [2.24, 2.45) is 0 Å². The van der Waals surface area contributed by atoms with Gasteiger partial charge in [-0.15, -0.1) is 0 Å². The zero-order chi connectivity index (χ0) is 22.3. The van der Waals surface area contributed by atoms with E-state index in [1.165, 1.54) is 11.8 Å². The summed E-state index contributed by atoms with van der Waals surface area (Å²) < 4.78 is 0. The van der Waals surface area contributed by atoms with Crippen LogP contribution in [0.15, 0.2) is 36.4 Å². The molecule has 0 saturated carbocycles. The summed E-state index contributed by atoms with van der Waals surface area (Å²) in [6.07, 6.45) is 0.512. The first kappa shape index (κ1) is 20.5. The average molecular weight is 442 g/mol. The Bertz CT molecular complexity index is 1190. The van der Waals surface area contributed by atoms with E-state index in [-0.39, 0.29) is 17.7 Å². The van der Waals surface area contributed by atoms with Crippen molar-refractivity contribution >= 4 is 28.9 Å². The average Bonchev–Trinajstić information content (AvgIpc) is 3.16. The molecule has 1 aliphatic rings. The van der Waals surface area contributed by atoms with Gasteiger partial charge in [0.1, 0.15) is 5.56 Å². The Labute approximate surface area is 180 Å². The highest BCUT2D eigenvalue weighted by Crippen LogP contribution is 2.32. The maximum Gasteiger partial charge on any atom is 0.279 e. The summed E-state index contributed by atoms with van der Waals surface area (Å²) in [4.78, 5) is 35.9. The number of aromatic nitrogens is 2. The van der Waals surface area contributed by atoms with Crippen LogP contribution in [0.2, 0.25) is 5.02 Å². The number of halogens is 1. The molecular weight excluding hydrogens is 426 g/mol. The molecule has 1 aromatic heterocycles. The van der Waals surface area contributed by atoms with Crippen LogP contribution in [0.25, 0.3) is 11.3 Å². The van der Waals surface area contributed by atoms with Crippen LogP contribution in [0.4, 0.5) is 11.4 Å². The van der Waals surface area contributed by atoms with Gasteiger partial charge >= 0.3 is 0 Å². The zero-order valence-electron chi connectivity index (χ0n) is 16.3. The van der Waals surface area contributed by atoms with Crippen LogP contribution in [0.3, 0.4) is 0 Å². The smallest absolute Gasteiger partial charge is 0.279 e. The van der Waals surface area contributed by atoms with Gasteiger partial charge in [0.05, 0.1) is 21.1 Å². The van der Waals surface area contributed by atoms with Gasteiger partial charge in [0.15, 0.2) is 0 Å². The fraction of sp³-hybridized carbons (Fsp3) is 0.200. The molecule has 1 aliphatic heterocycles. The summed E-state index contributed by atoms with van der Waals surface area (Å²) in [5.74, 6) is -0.514.